The van der Waals surface area contributed by atoms with Crippen LogP contribution in [0.15, 0.2) is 42.2 Å². The lowest BCUT2D eigenvalue weighted by atomic mass is 10.0. The molecule has 3 rings (SSSR count). The third-order valence-corrected chi connectivity index (χ3v) is 4.24. The molecule has 0 atom stereocenters. The van der Waals surface area contributed by atoms with Crippen LogP contribution in [-0.2, 0) is 14.3 Å². The Balaban J connectivity index is 1.79. The normalized spacial score (nSPS) is 13.6. The maximum Gasteiger partial charge on any atom is 0.344 e. The van der Waals surface area contributed by atoms with E-state index in [9.17, 15) is 14.4 Å². The first-order valence-electron chi connectivity index (χ1n) is 8.98. The molecule has 0 unspecified atom stereocenters. The molecule has 0 aliphatic carbocycles. The minimum Gasteiger partial charge on any atom is -0.482 e. The minimum absolute atomic E-state index is 0.163. The van der Waals surface area contributed by atoms with E-state index in [4.69, 9.17) is 14.2 Å². The molecule has 0 amide bonds. The van der Waals surface area contributed by atoms with E-state index in [0.717, 1.165) is 0 Å². The van der Waals surface area contributed by atoms with E-state index in [1.807, 2.05) is 0 Å². The monoisotopic (exact) mass is 396 g/mol. The average molecular weight is 396 g/mol. The fraction of sp³-hybridized carbons (Fsp3) is 0.227. The highest BCUT2D eigenvalue weighted by Crippen LogP contribution is 2.37. The fourth-order valence-electron chi connectivity index (χ4n) is 2.89. The van der Waals surface area contributed by atoms with Crippen LogP contribution in [0.3, 0.4) is 0 Å². The molecule has 0 radical (unpaired) electrons. The first-order chi connectivity index (χ1) is 13.9. The van der Waals surface area contributed by atoms with E-state index >= 15 is 0 Å². The lowest BCUT2D eigenvalue weighted by Crippen LogP contribution is -2.14. The molecule has 0 aromatic heterocycles. The molecule has 7 heteroatoms. The molecule has 2 aromatic carbocycles. The molecule has 2 aromatic rings. The van der Waals surface area contributed by atoms with Crippen molar-refractivity contribution in [1.82, 2.24) is 0 Å². The highest BCUT2D eigenvalue weighted by molar-refractivity contribution is 6.15. The molecule has 7 nitrogen and oxygen atoms in total. The summed E-state index contributed by atoms with van der Waals surface area (Å²) in [5.41, 5.74) is 2.24. The van der Waals surface area contributed by atoms with Gasteiger partial charge in [0.15, 0.2) is 12.4 Å². The van der Waals surface area contributed by atoms with Gasteiger partial charge in [0.25, 0.3) is 0 Å². The minimum atomic E-state index is -0.473. The second-order valence-electron chi connectivity index (χ2n) is 6.26. The Bertz CT molecular complexity index is 987. The summed E-state index contributed by atoms with van der Waals surface area (Å²) >= 11 is 0. The Morgan fingerprint density at radius 1 is 1.14 bits per heavy atom. The average Bonchev–Trinajstić information content (AvgIpc) is 3.02. The van der Waals surface area contributed by atoms with E-state index < -0.39 is 11.9 Å². The van der Waals surface area contributed by atoms with Crippen LogP contribution in [0.25, 0.3) is 6.08 Å². The number of Topliss-reactive ketones (excluding diaryl/α,β-unsaturated/α-hetero) is 1. The summed E-state index contributed by atoms with van der Waals surface area (Å²) in [5.74, 6) is -0.213. The molecule has 1 aliphatic rings. The molecular formula is C22H20O7. The van der Waals surface area contributed by atoms with Crippen molar-refractivity contribution in [3.05, 3.63) is 64.4 Å². The molecule has 0 bridgehead atoms. The van der Waals surface area contributed by atoms with Gasteiger partial charge in [-0.15, -0.1) is 0 Å². The third-order valence-electron chi connectivity index (χ3n) is 4.24. The Kier molecular flexibility index (Phi) is 5.97. The number of hydrogen-bond acceptors (Lipinski definition) is 7. The van der Waals surface area contributed by atoms with Crippen molar-refractivity contribution in [2.24, 2.45) is 0 Å². The third kappa shape index (κ3) is 4.45. The lowest BCUT2D eigenvalue weighted by Gasteiger charge is -2.08. The van der Waals surface area contributed by atoms with Crippen LogP contribution in [0.2, 0.25) is 0 Å². The second kappa shape index (κ2) is 8.60. The van der Waals surface area contributed by atoms with Crippen LogP contribution in [-0.4, -0.2) is 38.0 Å². The van der Waals surface area contributed by atoms with Gasteiger partial charge in [0, 0.05) is 6.07 Å². The van der Waals surface area contributed by atoms with E-state index in [-0.39, 0.29) is 24.8 Å². The number of allylic oxidation sites excluding steroid dienone is 1. The number of benzene rings is 2. The molecule has 0 fully saturated rings. The van der Waals surface area contributed by atoms with Gasteiger partial charge >= 0.3 is 11.9 Å². The molecule has 1 heterocycles. The van der Waals surface area contributed by atoms with Gasteiger partial charge in [-0.3, -0.25) is 4.79 Å². The number of methoxy groups -OCH3 is 1. The topological polar surface area (TPSA) is 88.1 Å². The molecule has 0 spiro atoms. The zero-order chi connectivity index (χ0) is 21.0. The van der Waals surface area contributed by atoms with Crippen LogP contribution < -0.4 is 9.47 Å². The molecule has 0 saturated heterocycles. The highest BCUT2D eigenvalue weighted by atomic mass is 16.6. The second-order valence-corrected chi connectivity index (χ2v) is 6.26. The van der Waals surface area contributed by atoms with Crippen molar-refractivity contribution in [2.45, 2.75) is 13.8 Å². The predicted octanol–water partition coefficient (Wildman–Crippen LogP) is 3.34. The number of carbonyl (C=O) groups excluding carboxylic acids is 3. The number of ether oxygens (including phenoxy) is 4. The van der Waals surface area contributed by atoms with Crippen LogP contribution >= 0.6 is 0 Å². The van der Waals surface area contributed by atoms with Crippen molar-refractivity contribution >= 4 is 23.8 Å². The van der Waals surface area contributed by atoms with Crippen LogP contribution in [0.5, 0.6) is 11.5 Å². The molecule has 0 saturated carbocycles. The van der Waals surface area contributed by atoms with Gasteiger partial charge in [-0.1, -0.05) is 12.1 Å². The Hall–Kier alpha value is -3.61. The molecule has 150 valence electrons. The van der Waals surface area contributed by atoms with Crippen LogP contribution in [0.1, 0.15) is 38.8 Å². The fourth-order valence-corrected chi connectivity index (χ4v) is 2.89. The molecular weight excluding hydrogens is 376 g/mol. The largest absolute Gasteiger partial charge is 0.482 e. The lowest BCUT2D eigenvalue weighted by molar-refractivity contribution is -0.145. The zero-order valence-corrected chi connectivity index (χ0v) is 16.3. The van der Waals surface area contributed by atoms with E-state index in [1.54, 1.807) is 56.3 Å². The van der Waals surface area contributed by atoms with Gasteiger partial charge in [-0.2, -0.15) is 0 Å². The van der Waals surface area contributed by atoms with E-state index in [0.29, 0.717) is 33.8 Å². The summed E-state index contributed by atoms with van der Waals surface area (Å²) in [4.78, 5) is 35.7. The molecule has 29 heavy (non-hydrogen) atoms. The number of aryl methyl sites for hydroxylation is 1. The number of rotatable bonds is 6. The summed E-state index contributed by atoms with van der Waals surface area (Å²) in [6.45, 7) is 3.53. The van der Waals surface area contributed by atoms with Crippen molar-refractivity contribution in [3.8, 4) is 11.5 Å². The maximum atomic E-state index is 12.7. The molecule has 0 N–H and O–H groups in total. The Labute approximate surface area is 167 Å². The molecule has 1 aliphatic heterocycles. The number of carbonyl (C=O) groups is 3. The van der Waals surface area contributed by atoms with Crippen molar-refractivity contribution in [2.75, 3.05) is 20.3 Å². The van der Waals surface area contributed by atoms with Gasteiger partial charge in [-0.25, -0.2) is 9.59 Å². The number of esters is 2. The van der Waals surface area contributed by atoms with Crippen molar-refractivity contribution in [3.63, 3.8) is 0 Å². The summed E-state index contributed by atoms with van der Waals surface area (Å²) in [6, 6.07) is 9.85. The van der Waals surface area contributed by atoms with Gasteiger partial charge in [0.1, 0.15) is 11.5 Å². The first kappa shape index (κ1) is 20.1. The number of ketones is 1. The van der Waals surface area contributed by atoms with Crippen molar-refractivity contribution < 1.29 is 33.3 Å². The summed E-state index contributed by atoms with van der Waals surface area (Å²) < 4.78 is 20.7. The van der Waals surface area contributed by atoms with Crippen LogP contribution in [0, 0.1) is 6.92 Å². The predicted molar refractivity (Wildman–Crippen MR) is 104 cm³/mol. The number of fused-ring (bicyclic) bond motifs is 1. The number of hydrogen-bond donors (Lipinski definition) is 0. The Morgan fingerprint density at radius 2 is 1.86 bits per heavy atom. The van der Waals surface area contributed by atoms with Crippen LogP contribution in [0.4, 0.5) is 0 Å². The highest BCUT2D eigenvalue weighted by Gasteiger charge is 2.30. The quantitative estimate of drug-likeness (QED) is 0.547. The van der Waals surface area contributed by atoms with Gasteiger partial charge < -0.3 is 18.9 Å². The van der Waals surface area contributed by atoms with Gasteiger partial charge in [0.2, 0.25) is 5.78 Å². The van der Waals surface area contributed by atoms with E-state index in [1.165, 1.54) is 7.11 Å². The standard InChI is InChI=1S/C22H20O7/c1-4-27-19(23)12-28-16-9-13(2)20-17(11-16)29-18(21(20)24)10-14-5-7-15(8-6-14)22(25)26-3/h5-11H,4,12H2,1-3H3/b18-10-. The Morgan fingerprint density at radius 3 is 2.52 bits per heavy atom. The summed E-state index contributed by atoms with van der Waals surface area (Å²) in [6.07, 6.45) is 1.60. The first-order valence-corrected chi connectivity index (χ1v) is 8.98. The van der Waals surface area contributed by atoms with Gasteiger partial charge in [-0.05, 0) is 49.2 Å². The summed E-state index contributed by atoms with van der Waals surface area (Å²) in [5, 5.41) is 0. The summed E-state index contributed by atoms with van der Waals surface area (Å²) in [7, 11) is 1.31. The van der Waals surface area contributed by atoms with Gasteiger partial charge in [0.05, 0.1) is 24.8 Å². The maximum absolute atomic E-state index is 12.7. The zero-order valence-electron chi connectivity index (χ0n) is 16.3. The van der Waals surface area contributed by atoms with E-state index in [2.05, 4.69) is 4.74 Å². The SMILES string of the molecule is CCOC(=O)COc1cc(C)c2c(c1)O/C(=C\c1ccc(C(=O)OC)cc1)C2=O. The van der Waals surface area contributed by atoms with Crippen molar-refractivity contribution in [1.29, 1.82) is 0 Å². The smallest absolute Gasteiger partial charge is 0.344 e.